The van der Waals surface area contributed by atoms with E-state index in [4.69, 9.17) is 22.1 Å². The van der Waals surface area contributed by atoms with Gasteiger partial charge in [-0.2, -0.15) is 4.98 Å². The number of ether oxygens (including phenoxy) is 1. The summed E-state index contributed by atoms with van der Waals surface area (Å²) in [7, 11) is 0. The zero-order valence-electron chi connectivity index (χ0n) is 8.02. The maximum atomic E-state index is 5.91. The summed E-state index contributed by atoms with van der Waals surface area (Å²) in [5, 5.41) is 0.223. The molecule has 2 rings (SSSR count). The summed E-state index contributed by atoms with van der Waals surface area (Å²) >= 11 is 8.10. The molecule has 0 spiro atoms. The molecule has 2 N–H and O–H groups in total. The predicted molar refractivity (Wildman–Crippen MR) is 70.7 cm³/mol. The van der Waals surface area contributed by atoms with Crippen molar-refractivity contribution >= 4 is 40.0 Å². The summed E-state index contributed by atoms with van der Waals surface area (Å²) < 4.78 is 6.57. The lowest BCUT2D eigenvalue weighted by Crippen LogP contribution is -1.96. The maximum absolute atomic E-state index is 5.91. The molecule has 0 aliphatic rings. The van der Waals surface area contributed by atoms with E-state index >= 15 is 0 Å². The summed E-state index contributed by atoms with van der Waals surface area (Å²) in [5.74, 6) is 1.13. The van der Waals surface area contributed by atoms with Crippen molar-refractivity contribution in [1.82, 2.24) is 9.97 Å². The average molecular weight is 348 g/mol. The van der Waals surface area contributed by atoms with Crippen LogP contribution < -0.4 is 10.5 Å². The molecular weight excluding hydrogens is 340 g/mol. The van der Waals surface area contributed by atoms with Crippen LogP contribution in [0, 0.1) is 3.57 Å². The Hall–Kier alpha value is -1.08. The highest BCUT2D eigenvalue weighted by molar-refractivity contribution is 14.1. The van der Waals surface area contributed by atoms with E-state index in [9.17, 15) is 0 Å². The van der Waals surface area contributed by atoms with Crippen molar-refractivity contribution in [2.75, 3.05) is 5.73 Å². The van der Waals surface area contributed by atoms with Crippen molar-refractivity contribution < 1.29 is 4.74 Å². The van der Waals surface area contributed by atoms with Gasteiger partial charge in [-0.3, -0.25) is 0 Å². The highest BCUT2D eigenvalue weighted by atomic mass is 127. The van der Waals surface area contributed by atoms with Crippen molar-refractivity contribution in [1.29, 1.82) is 0 Å². The molecule has 82 valence electrons. The van der Waals surface area contributed by atoms with E-state index < -0.39 is 0 Å². The SMILES string of the molecule is Nc1ncnc(Oc2cccc(I)c2)c1Cl. The monoisotopic (exact) mass is 347 g/mol. The van der Waals surface area contributed by atoms with Crippen LogP contribution in [-0.4, -0.2) is 9.97 Å². The number of hydrogen-bond donors (Lipinski definition) is 1. The first kappa shape index (κ1) is 11.4. The van der Waals surface area contributed by atoms with Gasteiger partial charge in [0.1, 0.15) is 22.9 Å². The number of nitrogen functional groups attached to an aromatic ring is 1. The van der Waals surface area contributed by atoms with Crippen LogP contribution in [0.4, 0.5) is 5.82 Å². The van der Waals surface area contributed by atoms with Gasteiger partial charge in [0.15, 0.2) is 0 Å². The van der Waals surface area contributed by atoms with E-state index in [1.54, 1.807) is 0 Å². The van der Waals surface area contributed by atoms with Crippen LogP contribution >= 0.6 is 34.2 Å². The fourth-order valence-corrected chi connectivity index (χ4v) is 1.73. The standard InChI is InChI=1S/C10H7ClIN3O/c11-8-9(13)14-5-15-10(8)16-7-3-1-2-6(12)4-7/h1-5H,(H2,13,14,15). The van der Waals surface area contributed by atoms with Gasteiger partial charge in [-0.15, -0.1) is 0 Å². The Morgan fingerprint density at radius 3 is 2.88 bits per heavy atom. The van der Waals surface area contributed by atoms with Gasteiger partial charge in [0.25, 0.3) is 0 Å². The van der Waals surface area contributed by atoms with Gasteiger partial charge in [0, 0.05) is 3.57 Å². The molecule has 6 heteroatoms. The van der Waals surface area contributed by atoms with Gasteiger partial charge < -0.3 is 10.5 Å². The quantitative estimate of drug-likeness (QED) is 0.848. The minimum absolute atomic E-state index is 0.206. The van der Waals surface area contributed by atoms with Crippen molar-refractivity contribution in [3.8, 4) is 11.6 Å². The van der Waals surface area contributed by atoms with Crippen LogP contribution in [0.25, 0.3) is 0 Å². The normalized spacial score (nSPS) is 10.1. The Bertz CT molecular complexity index is 521. The van der Waals surface area contributed by atoms with Crippen LogP contribution in [0.2, 0.25) is 5.02 Å². The molecule has 0 fully saturated rings. The number of benzene rings is 1. The summed E-state index contributed by atoms with van der Waals surface area (Å²) in [6, 6.07) is 7.53. The number of anilines is 1. The van der Waals surface area contributed by atoms with Gasteiger partial charge in [0.05, 0.1) is 0 Å². The second-order valence-corrected chi connectivity index (χ2v) is 4.56. The minimum atomic E-state index is 0.206. The third-order valence-corrected chi connectivity index (χ3v) is 2.82. The van der Waals surface area contributed by atoms with Crippen molar-refractivity contribution in [3.05, 3.63) is 39.2 Å². The summed E-state index contributed by atoms with van der Waals surface area (Å²) in [6.45, 7) is 0. The molecule has 0 unspecified atom stereocenters. The zero-order valence-corrected chi connectivity index (χ0v) is 10.9. The van der Waals surface area contributed by atoms with Gasteiger partial charge in [0.2, 0.25) is 5.88 Å². The highest BCUT2D eigenvalue weighted by Gasteiger charge is 2.08. The topological polar surface area (TPSA) is 61.0 Å². The fourth-order valence-electron chi connectivity index (χ4n) is 1.08. The smallest absolute Gasteiger partial charge is 0.243 e. The lowest BCUT2D eigenvalue weighted by atomic mass is 10.3. The maximum Gasteiger partial charge on any atom is 0.243 e. The third-order valence-electron chi connectivity index (χ3n) is 1.80. The van der Waals surface area contributed by atoms with E-state index in [2.05, 4.69) is 32.6 Å². The lowest BCUT2D eigenvalue weighted by Gasteiger charge is -2.06. The summed E-state index contributed by atoms with van der Waals surface area (Å²) in [5.41, 5.74) is 5.54. The summed E-state index contributed by atoms with van der Waals surface area (Å²) in [4.78, 5) is 7.67. The molecule has 0 amide bonds. The van der Waals surface area contributed by atoms with E-state index in [1.807, 2.05) is 24.3 Å². The van der Waals surface area contributed by atoms with Crippen LogP contribution in [0.3, 0.4) is 0 Å². The minimum Gasteiger partial charge on any atom is -0.437 e. The number of hydrogen-bond acceptors (Lipinski definition) is 4. The molecule has 0 atom stereocenters. The molecule has 0 saturated heterocycles. The first-order valence-corrected chi connectivity index (χ1v) is 5.82. The van der Waals surface area contributed by atoms with Crippen LogP contribution in [0.15, 0.2) is 30.6 Å². The first-order valence-electron chi connectivity index (χ1n) is 4.36. The Morgan fingerprint density at radius 2 is 2.12 bits per heavy atom. The molecule has 0 aliphatic carbocycles. The van der Waals surface area contributed by atoms with Crippen LogP contribution in [-0.2, 0) is 0 Å². The third kappa shape index (κ3) is 2.53. The van der Waals surface area contributed by atoms with Gasteiger partial charge in [-0.25, -0.2) is 4.98 Å². The molecule has 0 saturated carbocycles. The molecule has 4 nitrogen and oxygen atoms in total. The second-order valence-electron chi connectivity index (χ2n) is 2.94. The van der Waals surface area contributed by atoms with E-state index in [0.717, 1.165) is 3.57 Å². The summed E-state index contributed by atoms with van der Waals surface area (Å²) in [6.07, 6.45) is 1.31. The number of nitrogens with two attached hydrogens (primary N) is 1. The molecule has 0 aliphatic heterocycles. The Morgan fingerprint density at radius 1 is 1.31 bits per heavy atom. The van der Waals surface area contributed by atoms with Gasteiger partial charge >= 0.3 is 0 Å². The fraction of sp³-hybridized carbons (Fsp3) is 0. The Kier molecular flexibility index (Phi) is 3.45. The predicted octanol–water partition coefficient (Wildman–Crippen LogP) is 3.11. The van der Waals surface area contributed by atoms with E-state index in [-0.39, 0.29) is 16.7 Å². The van der Waals surface area contributed by atoms with Gasteiger partial charge in [-0.05, 0) is 40.8 Å². The molecule has 1 heterocycles. The van der Waals surface area contributed by atoms with E-state index in [0.29, 0.717) is 5.75 Å². The van der Waals surface area contributed by atoms with Crippen molar-refractivity contribution in [2.45, 2.75) is 0 Å². The first-order chi connectivity index (χ1) is 7.66. The molecule has 0 radical (unpaired) electrons. The van der Waals surface area contributed by atoms with Crippen molar-refractivity contribution in [2.24, 2.45) is 0 Å². The second kappa shape index (κ2) is 4.84. The van der Waals surface area contributed by atoms with Gasteiger partial charge in [-0.1, -0.05) is 17.7 Å². The lowest BCUT2D eigenvalue weighted by molar-refractivity contribution is 0.462. The van der Waals surface area contributed by atoms with E-state index in [1.165, 1.54) is 6.33 Å². The van der Waals surface area contributed by atoms with Crippen LogP contribution in [0.5, 0.6) is 11.6 Å². The number of rotatable bonds is 2. The number of nitrogens with zero attached hydrogens (tertiary/aromatic N) is 2. The Balaban J connectivity index is 2.31. The molecule has 1 aromatic carbocycles. The largest absolute Gasteiger partial charge is 0.437 e. The molecule has 1 aromatic heterocycles. The van der Waals surface area contributed by atoms with Crippen LogP contribution in [0.1, 0.15) is 0 Å². The molecule has 2 aromatic rings. The molecule has 0 bridgehead atoms. The number of aromatic nitrogens is 2. The zero-order chi connectivity index (χ0) is 11.5. The average Bonchev–Trinajstić information content (AvgIpc) is 2.25. The number of halogens is 2. The molecular formula is C10H7ClIN3O. The molecule has 16 heavy (non-hydrogen) atoms. The highest BCUT2D eigenvalue weighted by Crippen LogP contribution is 2.30. The van der Waals surface area contributed by atoms with Crippen molar-refractivity contribution in [3.63, 3.8) is 0 Å². The Labute approximate surface area is 111 Å².